The zero-order chi connectivity index (χ0) is 40.6. The van der Waals surface area contributed by atoms with Crippen LogP contribution in [0.2, 0.25) is 0 Å². The van der Waals surface area contributed by atoms with Crippen molar-refractivity contribution in [3.8, 4) is 5.75 Å². The first-order valence-electron chi connectivity index (χ1n) is 17.4. The molecule has 2 fully saturated rings. The van der Waals surface area contributed by atoms with Gasteiger partial charge >= 0.3 is 6.18 Å². The lowest BCUT2D eigenvalue weighted by Crippen LogP contribution is -2.49. The summed E-state index contributed by atoms with van der Waals surface area (Å²) in [7, 11) is 0. The monoisotopic (exact) mass is 836 g/mol. The minimum atomic E-state index is -4.48. The Labute approximate surface area is 317 Å². The number of benzene rings is 2. The molecule has 0 saturated heterocycles. The number of rotatable bonds is 4. The van der Waals surface area contributed by atoms with Crippen molar-refractivity contribution in [2.24, 2.45) is 0 Å². The zero-order valence-corrected chi connectivity index (χ0v) is 32.1. The Hall–Kier alpha value is -3.79. The van der Waals surface area contributed by atoms with Crippen LogP contribution >= 0.6 is 15.9 Å². The lowest BCUT2D eigenvalue weighted by molar-refractivity contribution is -0.153. The van der Waals surface area contributed by atoms with E-state index in [2.05, 4.69) is 26.6 Å². The lowest BCUT2D eigenvalue weighted by atomic mass is 9.78. The van der Waals surface area contributed by atoms with Gasteiger partial charge in [-0.25, -0.2) is 17.6 Å². The normalized spacial score (nSPS) is 20.9. The molecule has 0 aromatic heterocycles. The van der Waals surface area contributed by atoms with Gasteiger partial charge in [-0.15, -0.1) is 0 Å². The van der Waals surface area contributed by atoms with Crippen LogP contribution in [0.1, 0.15) is 91.7 Å². The molecule has 4 aliphatic rings. The molecule has 2 aliphatic carbocycles. The van der Waals surface area contributed by atoms with Gasteiger partial charge in [0, 0.05) is 36.8 Å². The number of carbonyl (C=O) groups is 2. The van der Waals surface area contributed by atoms with E-state index in [1.165, 1.54) is 12.1 Å². The average Bonchev–Trinajstić information content (AvgIpc) is 3.43. The quantitative estimate of drug-likeness (QED) is 0.196. The highest BCUT2D eigenvalue weighted by Gasteiger charge is 2.53. The third kappa shape index (κ3) is 9.18. The van der Waals surface area contributed by atoms with Gasteiger partial charge < -0.3 is 30.7 Å². The van der Waals surface area contributed by atoms with Gasteiger partial charge in [0.15, 0.2) is 6.61 Å². The van der Waals surface area contributed by atoms with Crippen molar-refractivity contribution in [1.29, 1.82) is 0 Å². The molecule has 0 bridgehead atoms. The van der Waals surface area contributed by atoms with E-state index >= 15 is 0 Å². The summed E-state index contributed by atoms with van der Waals surface area (Å²) in [4.78, 5) is 25.1. The molecule has 8 nitrogen and oxygen atoms in total. The number of carbonyl (C=O) groups excluding carboxylic acids is 2. The molecule has 2 amide bonds. The number of hydrogen-bond acceptors (Lipinski definition) is 6. The van der Waals surface area contributed by atoms with E-state index in [1.54, 1.807) is 20.8 Å². The van der Waals surface area contributed by atoms with Gasteiger partial charge in [0.25, 0.3) is 11.8 Å². The Balaban J connectivity index is 0.000000228. The van der Waals surface area contributed by atoms with E-state index < -0.39 is 54.5 Å². The molecule has 5 N–H and O–H groups in total. The second-order valence-electron chi connectivity index (χ2n) is 14.3. The van der Waals surface area contributed by atoms with Crippen molar-refractivity contribution in [1.82, 2.24) is 10.6 Å². The molecule has 2 heterocycles. The Morgan fingerprint density at radius 3 is 1.31 bits per heavy atom. The summed E-state index contributed by atoms with van der Waals surface area (Å²) in [6, 6.07) is 6.44. The maximum absolute atomic E-state index is 13.5. The number of hydrogen-bond donors (Lipinski definition) is 5. The summed E-state index contributed by atoms with van der Waals surface area (Å²) in [6.45, 7) is 7.37. The van der Waals surface area contributed by atoms with Crippen molar-refractivity contribution in [3.63, 3.8) is 0 Å². The Morgan fingerprint density at radius 1 is 0.685 bits per heavy atom. The first-order valence-corrected chi connectivity index (χ1v) is 18.2. The first kappa shape index (κ1) is 42.9. The number of nitrogens with one attached hydrogen (secondary N) is 2. The van der Waals surface area contributed by atoms with Crippen molar-refractivity contribution in [3.05, 3.63) is 73.6 Å². The summed E-state index contributed by atoms with van der Waals surface area (Å²) in [6.07, 6.45) is -6.13. The predicted molar refractivity (Wildman–Crippen MR) is 192 cm³/mol. The molecular formula is C38H44BrF7N2O6. The van der Waals surface area contributed by atoms with Gasteiger partial charge in [-0.2, -0.15) is 13.2 Å². The molecular weight excluding hydrogens is 793 g/mol. The average molecular weight is 838 g/mol. The van der Waals surface area contributed by atoms with Crippen molar-refractivity contribution >= 4 is 38.9 Å². The van der Waals surface area contributed by atoms with Crippen LogP contribution in [0.3, 0.4) is 0 Å². The highest BCUT2D eigenvalue weighted by Crippen LogP contribution is 2.48. The second kappa shape index (κ2) is 15.8. The largest absolute Gasteiger partial charge is 0.509 e. The summed E-state index contributed by atoms with van der Waals surface area (Å²) < 4.78 is 96.6. The van der Waals surface area contributed by atoms with Gasteiger partial charge in [0.2, 0.25) is 11.8 Å². The molecule has 6 rings (SSSR count). The third-order valence-electron chi connectivity index (χ3n) is 10.1. The molecule has 0 atom stereocenters. The van der Waals surface area contributed by atoms with Crippen LogP contribution in [0.15, 0.2) is 40.3 Å². The second-order valence-corrected chi connectivity index (χ2v) is 15.2. The topological polar surface area (TPSA) is 128 Å². The van der Waals surface area contributed by atoms with E-state index in [0.717, 1.165) is 15.6 Å². The predicted octanol–water partition coefficient (Wildman–Crippen LogP) is 9.00. The number of aryl methyl sites for hydroxylation is 4. The maximum atomic E-state index is 13.5. The van der Waals surface area contributed by atoms with Crippen LogP contribution in [-0.4, -0.2) is 69.4 Å². The van der Waals surface area contributed by atoms with Crippen LogP contribution in [0, 0.1) is 27.7 Å². The van der Waals surface area contributed by atoms with Gasteiger partial charge in [-0.1, -0.05) is 15.9 Å². The highest BCUT2D eigenvalue weighted by atomic mass is 79.9. The number of aliphatic hydroxyl groups excluding tert-OH is 3. The fourth-order valence-electron chi connectivity index (χ4n) is 7.52. The van der Waals surface area contributed by atoms with Crippen LogP contribution in [0.5, 0.6) is 5.75 Å². The van der Waals surface area contributed by atoms with Crippen LogP contribution in [0.4, 0.5) is 30.7 Å². The maximum Gasteiger partial charge on any atom is 0.422 e. The molecule has 16 heteroatoms. The minimum Gasteiger partial charge on any atom is -0.509 e. The van der Waals surface area contributed by atoms with E-state index in [-0.39, 0.29) is 79.5 Å². The molecule has 2 aromatic rings. The summed E-state index contributed by atoms with van der Waals surface area (Å²) in [5.74, 6) is -6.92. The van der Waals surface area contributed by atoms with E-state index in [9.17, 15) is 50.5 Å². The summed E-state index contributed by atoms with van der Waals surface area (Å²) >= 11 is 3.41. The Bertz CT molecular complexity index is 1790. The van der Waals surface area contributed by atoms with Crippen LogP contribution in [-0.2, 0) is 9.59 Å². The van der Waals surface area contributed by atoms with E-state index in [0.29, 0.717) is 22.3 Å². The van der Waals surface area contributed by atoms with Gasteiger partial charge in [-0.05, 0) is 118 Å². The van der Waals surface area contributed by atoms with Crippen molar-refractivity contribution in [2.75, 3.05) is 13.2 Å². The third-order valence-corrected chi connectivity index (χ3v) is 10.6. The van der Waals surface area contributed by atoms with Gasteiger partial charge in [0.05, 0.1) is 22.2 Å². The van der Waals surface area contributed by atoms with Crippen molar-refractivity contribution < 1.29 is 60.4 Å². The number of alkyl halides is 7. The first-order chi connectivity index (χ1) is 24.9. The van der Waals surface area contributed by atoms with Crippen LogP contribution < -0.4 is 15.4 Å². The lowest BCUT2D eigenvalue weighted by Gasteiger charge is -2.36. The van der Waals surface area contributed by atoms with Crippen LogP contribution in [0.25, 0.3) is 11.1 Å². The summed E-state index contributed by atoms with van der Waals surface area (Å²) in [5, 5.41) is 34.5. The fraction of sp³-hybridized carbons (Fsp3) is 0.526. The molecule has 2 saturated carbocycles. The Kier molecular flexibility index (Phi) is 12.5. The fourth-order valence-corrected chi connectivity index (χ4v) is 8.20. The molecule has 2 aromatic carbocycles. The molecule has 0 unspecified atom stereocenters. The Morgan fingerprint density at radius 2 is 1.00 bits per heavy atom. The molecule has 2 aliphatic heterocycles. The van der Waals surface area contributed by atoms with Gasteiger partial charge in [-0.3, -0.25) is 9.59 Å². The minimum absolute atomic E-state index is 0.0124. The smallest absolute Gasteiger partial charge is 0.422 e. The molecule has 54 heavy (non-hydrogen) atoms. The number of halogens is 8. The zero-order valence-electron chi connectivity index (χ0n) is 30.5. The molecule has 2 spiro atoms. The SMILES string of the molecule is CCO.Cc1cc(Br)cc(C)c1C1=C(O)C2(CCC(F)(F)CC2)NC1=O.Cc1cc(OCC(F)(F)F)cc(C)c1C1=C(O)C2(CCC(F)(F)CC2)NC1=O. The van der Waals surface area contributed by atoms with E-state index in [1.807, 2.05) is 26.0 Å². The molecule has 0 radical (unpaired) electrons. The number of aliphatic hydroxyl groups is 3. The molecule has 298 valence electrons. The highest BCUT2D eigenvalue weighted by molar-refractivity contribution is 9.10. The standard InChI is InChI=1S/C19H20F5NO3.C17H18BrF2NO2.C2H6O/c1-10-7-12(28-9-19(22,23)24)8-11(2)13(10)14-15(26)17(25-16(14)27)3-5-18(20,21)6-4-17;1-9-7-11(18)8-10(2)12(9)13-14(22)16(21-15(13)23)3-5-17(19,20)6-4-16;1-2-3/h7-8,26H,3-6,9H2,1-2H3,(H,25,27);7-8,22H,3-6H2,1-2H3,(H,21,23);3H,2H2,1H3. The van der Waals surface area contributed by atoms with E-state index in [4.69, 9.17) is 9.84 Å². The number of amides is 2. The van der Waals surface area contributed by atoms with Gasteiger partial charge in [0.1, 0.15) is 17.3 Å². The van der Waals surface area contributed by atoms with Crippen molar-refractivity contribution in [2.45, 2.75) is 115 Å². The number of ether oxygens (including phenoxy) is 1. The summed E-state index contributed by atoms with van der Waals surface area (Å²) in [5.41, 5.74) is 1.55.